The molecule has 3 heterocycles. The molecule has 2 saturated heterocycles. The van der Waals surface area contributed by atoms with Crippen molar-refractivity contribution < 1.29 is 18.8 Å². The van der Waals surface area contributed by atoms with E-state index in [-0.39, 0.29) is 30.2 Å². The molecule has 1 N–H and O–H groups in total. The van der Waals surface area contributed by atoms with Gasteiger partial charge >= 0.3 is 6.03 Å². The number of fused-ring (bicyclic) bond motifs is 1. The van der Waals surface area contributed by atoms with Gasteiger partial charge in [-0.25, -0.2) is 9.78 Å². The van der Waals surface area contributed by atoms with Crippen molar-refractivity contribution in [1.29, 1.82) is 0 Å². The quantitative estimate of drug-likeness (QED) is 0.800. The van der Waals surface area contributed by atoms with E-state index in [0.717, 1.165) is 41.7 Å². The number of oxazole rings is 1. The van der Waals surface area contributed by atoms with Gasteiger partial charge in [-0.15, -0.1) is 0 Å². The molecule has 8 nitrogen and oxygen atoms in total. The van der Waals surface area contributed by atoms with Crippen LogP contribution in [0.3, 0.4) is 0 Å². The lowest BCUT2D eigenvalue weighted by Crippen LogP contribution is -2.48. The summed E-state index contributed by atoms with van der Waals surface area (Å²) in [6.07, 6.45) is 3.37. The van der Waals surface area contributed by atoms with E-state index in [1.165, 1.54) is 0 Å². The largest absolute Gasteiger partial charge is 0.440 e. The van der Waals surface area contributed by atoms with Gasteiger partial charge in [0.2, 0.25) is 5.91 Å². The number of hydrogen-bond donors (Lipinski definition) is 1. The summed E-state index contributed by atoms with van der Waals surface area (Å²) in [5.41, 5.74) is 0.772. The van der Waals surface area contributed by atoms with E-state index in [9.17, 15) is 14.4 Å². The molecule has 1 atom stereocenters. The van der Waals surface area contributed by atoms with Crippen LogP contribution in [0.5, 0.6) is 0 Å². The molecular weight excluding hydrogens is 372 g/mol. The van der Waals surface area contributed by atoms with Crippen molar-refractivity contribution in [2.45, 2.75) is 44.1 Å². The number of aromatic nitrogens is 1. The molecule has 5 rings (SSSR count). The first-order valence-electron chi connectivity index (χ1n) is 10.2. The molecule has 0 bridgehead atoms. The molecule has 1 aliphatic carbocycles. The Morgan fingerprint density at radius 2 is 1.93 bits per heavy atom. The topological polar surface area (TPSA) is 95.8 Å². The standard InChI is InChI=1S/C21H24N4O4/c1-21(14-6-7-14)19(27)25(20(28)23-21)12-17(26)24-10-8-13(9-11-24)18-22-15-4-2-3-5-16(15)29-18/h2-5,13-14H,6-12H2,1H3,(H,23,28). The van der Waals surface area contributed by atoms with Crippen LogP contribution < -0.4 is 5.32 Å². The molecule has 0 radical (unpaired) electrons. The number of imide groups is 1. The molecule has 1 aromatic carbocycles. The number of likely N-dealkylation sites (tertiary alicyclic amines) is 1. The zero-order valence-corrected chi connectivity index (χ0v) is 16.4. The van der Waals surface area contributed by atoms with Crippen LogP contribution in [0.25, 0.3) is 11.1 Å². The second kappa shape index (κ2) is 6.57. The lowest BCUT2D eigenvalue weighted by molar-refractivity contribution is -0.139. The number of nitrogens with one attached hydrogen (secondary N) is 1. The highest BCUT2D eigenvalue weighted by Crippen LogP contribution is 2.42. The van der Waals surface area contributed by atoms with E-state index in [2.05, 4.69) is 10.3 Å². The first-order chi connectivity index (χ1) is 14.0. The van der Waals surface area contributed by atoms with Gasteiger partial charge in [0, 0.05) is 19.0 Å². The SMILES string of the molecule is CC1(C2CC2)NC(=O)N(CC(=O)N2CCC(c3nc4ccccc4o3)CC2)C1=O. The number of urea groups is 1. The molecule has 2 aliphatic heterocycles. The fourth-order valence-corrected chi connectivity index (χ4v) is 4.47. The Hall–Kier alpha value is -2.90. The third-order valence-electron chi connectivity index (χ3n) is 6.50. The van der Waals surface area contributed by atoms with Crippen LogP contribution in [0, 0.1) is 5.92 Å². The van der Waals surface area contributed by atoms with Gasteiger partial charge in [-0.1, -0.05) is 12.1 Å². The minimum atomic E-state index is -0.850. The summed E-state index contributed by atoms with van der Waals surface area (Å²) in [4.78, 5) is 45.1. The maximum absolute atomic E-state index is 12.7. The summed E-state index contributed by atoms with van der Waals surface area (Å²) >= 11 is 0. The van der Waals surface area contributed by atoms with Gasteiger partial charge in [0.05, 0.1) is 0 Å². The van der Waals surface area contributed by atoms with E-state index in [4.69, 9.17) is 4.42 Å². The normalized spacial score (nSPS) is 25.7. The molecular formula is C21H24N4O4. The van der Waals surface area contributed by atoms with E-state index >= 15 is 0 Å². The van der Waals surface area contributed by atoms with Crippen LogP contribution in [0.2, 0.25) is 0 Å². The Kier molecular flexibility index (Phi) is 4.11. The highest BCUT2D eigenvalue weighted by Gasteiger charge is 2.56. The van der Waals surface area contributed by atoms with Crippen molar-refractivity contribution in [3.05, 3.63) is 30.2 Å². The number of carbonyl (C=O) groups excluding carboxylic acids is 3. The monoisotopic (exact) mass is 396 g/mol. The highest BCUT2D eigenvalue weighted by atomic mass is 16.3. The van der Waals surface area contributed by atoms with Gasteiger partial charge in [0.15, 0.2) is 11.5 Å². The first-order valence-corrected chi connectivity index (χ1v) is 10.2. The third-order valence-corrected chi connectivity index (χ3v) is 6.50. The number of benzene rings is 1. The molecule has 4 amide bonds. The van der Waals surface area contributed by atoms with Crippen molar-refractivity contribution in [3.63, 3.8) is 0 Å². The van der Waals surface area contributed by atoms with Gasteiger partial charge in [-0.2, -0.15) is 0 Å². The number of amides is 4. The van der Waals surface area contributed by atoms with E-state index in [1.54, 1.807) is 11.8 Å². The number of hydrogen-bond acceptors (Lipinski definition) is 5. The summed E-state index contributed by atoms with van der Waals surface area (Å²) in [5.74, 6) is 0.601. The third kappa shape index (κ3) is 3.07. The van der Waals surface area contributed by atoms with Gasteiger partial charge in [-0.3, -0.25) is 14.5 Å². The number of rotatable bonds is 4. The molecule has 1 saturated carbocycles. The van der Waals surface area contributed by atoms with Crippen molar-refractivity contribution in [3.8, 4) is 0 Å². The smallest absolute Gasteiger partial charge is 0.325 e. The predicted molar refractivity (Wildman–Crippen MR) is 104 cm³/mol. The molecule has 3 aliphatic rings. The van der Waals surface area contributed by atoms with Crippen molar-refractivity contribution in [2.75, 3.05) is 19.6 Å². The molecule has 29 heavy (non-hydrogen) atoms. The lowest BCUT2D eigenvalue weighted by atomic mass is 9.96. The Morgan fingerprint density at radius 3 is 2.62 bits per heavy atom. The first kappa shape index (κ1) is 18.1. The van der Waals surface area contributed by atoms with Crippen LogP contribution in [0.1, 0.15) is 44.4 Å². The zero-order valence-electron chi connectivity index (χ0n) is 16.4. The average Bonchev–Trinajstić information content (AvgIpc) is 3.46. The fraction of sp³-hybridized carbons (Fsp3) is 0.524. The van der Waals surface area contributed by atoms with Crippen LogP contribution in [-0.4, -0.2) is 57.8 Å². The van der Waals surface area contributed by atoms with Crippen molar-refractivity contribution in [1.82, 2.24) is 20.1 Å². The Bertz CT molecular complexity index is 956. The summed E-state index contributed by atoms with van der Waals surface area (Å²) in [6, 6.07) is 7.22. The minimum absolute atomic E-state index is 0.168. The maximum Gasteiger partial charge on any atom is 0.325 e. The Morgan fingerprint density at radius 1 is 1.21 bits per heavy atom. The highest BCUT2D eigenvalue weighted by molar-refractivity contribution is 6.09. The molecule has 152 valence electrons. The van der Waals surface area contributed by atoms with Crippen LogP contribution in [0.4, 0.5) is 4.79 Å². The van der Waals surface area contributed by atoms with E-state index < -0.39 is 11.6 Å². The summed E-state index contributed by atoms with van der Waals surface area (Å²) in [5, 5.41) is 2.79. The van der Waals surface area contributed by atoms with Crippen LogP contribution in [0.15, 0.2) is 28.7 Å². The van der Waals surface area contributed by atoms with Gasteiger partial charge in [0.25, 0.3) is 5.91 Å². The molecule has 3 fully saturated rings. The summed E-state index contributed by atoms with van der Waals surface area (Å²) in [7, 11) is 0. The second-order valence-electron chi connectivity index (χ2n) is 8.47. The molecule has 1 unspecified atom stereocenters. The zero-order chi connectivity index (χ0) is 20.2. The second-order valence-corrected chi connectivity index (χ2v) is 8.47. The summed E-state index contributed by atoms with van der Waals surface area (Å²) < 4.78 is 5.87. The van der Waals surface area contributed by atoms with Crippen LogP contribution >= 0.6 is 0 Å². The van der Waals surface area contributed by atoms with Gasteiger partial charge in [0.1, 0.15) is 17.6 Å². The lowest BCUT2D eigenvalue weighted by Gasteiger charge is -2.31. The molecule has 2 aromatic rings. The molecule has 1 aromatic heterocycles. The van der Waals surface area contributed by atoms with Crippen molar-refractivity contribution >= 4 is 28.9 Å². The molecule has 8 heteroatoms. The number of carbonyl (C=O) groups is 3. The van der Waals surface area contributed by atoms with Gasteiger partial charge < -0.3 is 14.6 Å². The van der Waals surface area contributed by atoms with Gasteiger partial charge in [-0.05, 0) is 50.7 Å². The number of piperidine rings is 1. The van der Waals surface area contributed by atoms with E-state index in [1.807, 2.05) is 24.3 Å². The Labute approximate surface area is 168 Å². The van der Waals surface area contributed by atoms with Crippen LogP contribution in [-0.2, 0) is 9.59 Å². The minimum Gasteiger partial charge on any atom is -0.440 e. The molecule has 0 spiro atoms. The fourth-order valence-electron chi connectivity index (χ4n) is 4.47. The average molecular weight is 396 g/mol. The summed E-state index contributed by atoms with van der Waals surface area (Å²) in [6.45, 7) is 2.69. The number of nitrogens with zero attached hydrogens (tertiary/aromatic N) is 3. The predicted octanol–water partition coefficient (Wildman–Crippen LogP) is 2.25. The van der Waals surface area contributed by atoms with E-state index in [0.29, 0.717) is 19.0 Å². The maximum atomic E-state index is 12.7. The number of para-hydroxylation sites is 2. The van der Waals surface area contributed by atoms with Crippen molar-refractivity contribution in [2.24, 2.45) is 5.92 Å². The Balaban J connectivity index is 1.20.